The van der Waals surface area contributed by atoms with Crippen molar-refractivity contribution >= 4 is 23.4 Å². The molecule has 0 aliphatic carbocycles. The van der Waals surface area contributed by atoms with Gasteiger partial charge < -0.3 is 9.47 Å². The molecule has 0 unspecified atom stereocenters. The van der Waals surface area contributed by atoms with Crippen molar-refractivity contribution in [3.05, 3.63) is 22.7 Å². The normalized spacial score (nSPS) is 23.6. The highest BCUT2D eigenvalue weighted by molar-refractivity contribution is 8.00. The molecule has 1 aliphatic rings. The first-order valence-corrected chi connectivity index (χ1v) is 8.26. The van der Waals surface area contributed by atoms with Gasteiger partial charge in [-0.05, 0) is 18.6 Å². The topological polar surface area (TPSA) is 21.7 Å². The average Bonchev–Trinajstić information content (AvgIpc) is 2.45. The number of thioether (sulfide) groups is 1. The molecule has 1 saturated heterocycles. The number of benzene rings is 1. The summed E-state index contributed by atoms with van der Waals surface area (Å²) in [5.41, 5.74) is 1.09. The number of hydrogen-bond acceptors (Lipinski definition) is 4. The number of rotatable bonds is 4. The summed E-state index contributed by atoms with van der Waals surface area (Å²) in [6, 6.07) is 4.51. The quantitative estimate of drug-likeness (QED) is 0.845. The highest BCUT2D eigenvalue weighted by Gasteiger charge is 2.26. The zero-order valence-electron chi connectivity index (χ0n) is 12.5. The Hall–Kier alpha value is -0.580. The Balaban J connectivity index is 2.21. The molecule has 1 fully saturated rings. The Labute approximate surface area is 130 Å². The highest BCUT2D eigenvalue weighted by Crippen LogP contribution is 2.38. The number of halogens is 1. The van der Waals surface area contributed by atoms with Crippen LogP contribution in [-0.2, 0) is 6.54 Å². The summed E-state index contributed by atoms with van der Waals surface area (Å²) >= 11 is 8.50. The number of nitrogens with zero attached hydrogens (tertiary/aromatic N) is 1. The van der Waals surface area contributed by atoms with Gasteiger partial charge in [-0.3, -0.25) is 4.90 Å². The molecule has 1 aliphatic heterocycles. The lowest BCUT2D eigenvalue weighted by Crippen LogP contribution is -2.43. The van der Waals surface area contributed by atoms with Crippen molar-refractivity contribution in [2.45, 2.75) is 31.7 Å². The zero-order chi connectivity index (χ0) is 14.7. The van der Waals surface area contributed by atoms with E-state index in [1.54, 1.807) is 14.2 Å². The van der Waals surface area contributed by atoms with E-state index in [0.717, 1.165) is 18.7 Å². The second-order valence-electron chi connectivity index (χ2n) is 5.06. The first-order chi connectivity index (χ1) is 9.58. The van der Waals surface area contributed by atoms with Gasteiger partial charge >= 0.3 is 0 Å². The molecule has 0 amide bonds. The van der Waals surface area contributed by atoms with E-state index in [1.165, 1.54) is 5.75 Å². The van der Waals surface area contributed by atoms with Crippen molar-refractivity contribution in [2.24, 2.45) is 0 Å². The molecule has 0 radical (unpaired) electrons. The van der Waals surface area contributed by atoms with Crippen LogP contribution in [0.1, 0.15) is 19.4 Å². The fourth-order valence-corrected chi connectivity index (χ4v) is 3.95. The minimum absolute atomic E-state index is 0.554. The number of methoxy groups -OCH3 is 2. The first-order valence-electron chi connectivity index (χ1n) is 6.83. The Morgan fingerprint density at radius 1 is 1.30 bits per heavy atom. The third-order valence-corrected chi connectivity index (χ3v) is 5.71. The standard InChI is InChI=1S/C15H22ClNO2S/c1-10-11(2)20-8-7-17(10)9-12-5-6-13(18-3)15(19-4)14(12)16/h5-6,10-11H,7-9H2,1-4H3/t10-,11-/m1/s1. The van der Waals surface area contributed by atoms with Crippen LogP contribution in [0.4, 0.5) is 0 Å². The predicted molar refractivity (Wildman–Crippen MR) is 86.3 cm³/mol. The van der Waals surface area contributed by atoms with Gasteiger partial charge in [-0.1, -0.05) is 24.6 Å². The van der Waals surface area contributed by atoms with Gasteiger partial charge in [0.05, 0.1) is 19.2 Å². The molecule has 112 valence electrons. The molecule has 0 N–H and O–H groups in total. The van der Waals surface area contributed by atoms with Gasteiger partial charge in [0.2, 0.25) is 0 Å². The van der Waals surface area contributed by atoms with E-state index in [-0.39, 0.29) is 0 Å². The van der Waals surface area contributed by atoms with Crippen LogP contribution in [0.25, 0.3) is 0 Å². The van der Waals surface area contributed by atoms with Gasteiger partial charge in [-0.15, -0.1) is 0 Å². The van der Waals surface area contributed by atoms with Gasteiger partial charge in [0.1, 0.15) is 0 Å². The zero-order valence-corrected chi connectivity index (χ0v) is 14.1. The molecule has 2 rings (SSSR count). The van der Waals surface area contributed by atoms with Crippen molar-refractivity contribution in [2.75, 3.05) is 26.5 Å². The minimum atomic E-state index is 0.554. The Bertz CT molecular complexity index is 469. The van der Waals surface area contributed by atoms with Crippen molar-refractivity contribution in [3.8, 4) is 11.5 Å². The van der Waals surface area contributed by atoms with Crippen molar-refractivity contribution in [1.82, 2.24) is 4.90 Å². The van der Waals surface area contributed by atoms with Crippen molar-refractivity contribution < 1.29 is 9.47 Å². The van der Waals surface area contributed by atoms with Crippen LogP contribution in [0.15, 0.2) is 12.1 Å². The fourth-order valence-electron chi connectivity index (χ4n) is 2.49. The third kappa shape index (κ3) is 3.18. The summed E-state index contributed by atoms with van der Waals surface area (Å²) in [5.74, 6) is 2.48. The fraction of sp³-hybridized carbons (Fsp3) is 0.600. The molecule has 0 aromatic heterocycles. The van der Waals surface area contributed by atoms with Gasteiger partial charge in [-0.2, -0.15) is 11.8 Å². The lowest BCUT2D eigenvalue weighted by molar-refractivity contribution is 0.204. The SMILES string of the molecule is COc1ccc(CN2CCS[C@H](C)[C@H]2C)c(Cl)c1OC. The minimum Gasteiger partial charge on any atom is -0.493 e. The van der Waals surface area contributed by atoms with Crippen LogP contribution in [0.3, 0.4) is 0 Å². The summed E-state index contributed by atoms with van der Waals surface area (Å²) in [6.07, 6.45) is 0. The van der Waals surface area contributed by atoms with E-state index in [2.05, 4.69) is 18.7 Å². The second kappa shape index (κ2) is 6.92. The van der Waals surface area contributed by atoms with E-state index in [4.69, 9.17) is 21.1 Å². The van der Waals surface area contributed by atoms with Crippen LogP contribution in [-0.4, -0.2) is 42.7 Å². The maximum Gasteiger partial charge on any atom is 0.179 e. The largest absolute Gasteiger partial charge is 0.493 e. The average molecular weight is 316 g/mol. The Morgan fingerprint density at radius 2 is 2.05 bits per heavy atom. The maximum absolute atomic E-state index is 6.46. The third-order valence-electron chi connectivity index (χ3n) is 3.95. The molecule has 2 atom stereocenters. The molecule has 5 heteroatoms. The Kier molecular flexibility index (Phi) is 5.47. The summed E-state index contributed by atoms with van der Waals surface area (Å²) in [6.45, 7) is 6.52. The van der Waals surface area contributed by atoms with Crippen LogP contribution in [0.2, 0.25) is 5.02 Å². The molecular weight excluding hydrogens is 294 g/mol. The second-order valence-corrected chi connectivity index (χ2v) is 6.92. The number of hydrogen-bond donors (Lipinski definition) is 0. The molecule has 20 heavy (non-hydrogen) atoms. The first kappa shape index (κ1) is 15.8. The smallest absolute Gasteiger partial charge is 0.179 e. The van der Waals surface area contributed by atoms with Crippen molar-refractivity contribution in [1.29, 1.82) is 0 Å². The monoisotopic (exact) mass is 315 g/mol. The lowest BCUT2D eigenvalue weighted by Gasteiger charge is -2.37. The summed E-state index contributed by atoms with van der Waals surface area (Å²) < 4.78 is 10.6. The summed E-state index contributed by atoms with van der Waals surface area (Å²) in [7, 11) is 3.25. The van der Waals surface area contributed by atoms with Crippen LogP contribution >= 0.6 is 23.4 Å². The highest BCUT2D eigenvalue weighted by atomic mass is 35.5. The van der Waals surface area contributed by atoms with Gasteiger partial charge in [0.15, 0.2) is 11.5 Å². The molecule has 0 bridgehead atoms. The van der Waals surface area contributed by atoms with Crippen molar-refractivity contribution in [3.63, 3.8) is 0 Å². The lowest BCUT2D eigenvalue weighted by atomic mass is 10.1. The maximum atomic E-state index is 6.46. The van der Waals surface area contributed by atoms with E-state index in [0.29, 0.717) is 27.8 Å². The van der Waals surface area contributed by atoms with Crippen LogP contribution < -0.4 is 9.47 Å². The van der Waals surface area contributed by atoms with E-state index in [1.807, 2.05) is 23.9 Å². The molecular formula is C15H22ClNO2S. The number of ether oxygens (including phenoxy) is 2. The molecule has 0 saturated carbocycles. The van der Waals surface area contributed by atoms with E-state index in [9.17, 15) is 0 Å². The van der Waals surface area contributed by atoms with E-state index >= 15 is 0 Å². The molecule has 1 heterocycles. The molecule has 1 aromatic rings. The van der Waals surface area contributed by atoms with Crippen LogP contribution in [0, 0.1) is 0 Å². The summed E-state index contributed by atoms with van der Waals surface area (Å²) in [5, 5.41) is 1.31. The Morgan fingerprint density at radius 3 is 2.70 bits per heavy atom. The van der Waals surface area contributed by atoms with Gasteiger partial charge in [0, 0.05) is 30.1 Å². The summed E-state index contributed by atoms with van der Waals surface area (Å²) in [4.78, 5) is 2.48. The molecule has 0 spiro atoms. The van der Waals surface area contributed by atoms with Gasteiger partial charge in [-0.25, -0.2) is 0 Å². The van der Waals surface area contributed by atoms with Crippen LogP contribution in [0.5, 0.6) is 11.5 Å². The van der Waals surface area contributed by atoms with Gasteiger partial charge in [0.25, 0.3) is 0 Å². The molecule has 1 aromatic carbocycles. The molecule has 3 nitrogen and oxygen atoms in total. The van der Waals surface area contributed by atoms with E-state index < -0.39 is 0 Å². The predicted octanol–water partition coefficient (Wildman–Crippen LogP) is 3.68.